The van der Waals surface area contributed by atoms with E-state index >= 15 is 0 Å². The summed E-state index contributed by atoms with van der Waals surface area (Å²) in [6.45, 7) is 14.9. The van der Waals surface area contributed by atoms with Crippen LogP contribution in [0.1, 0.15) is 95.5 Å². The molecule has 2 N–H and O–H groups in total. The van der Waals surface area contributed by atoms with Gasteiger partial charge < -0.3 is 19.3 Å². The Hall–Kier alpha value is -2.79. The van der Waals surface area contributed by atoms with Gasteiger partial charge in [0.2, 0.25) is 0 Å². The lowest BCUT2D eigenvalue weighted by atomic mass is 9.75. The van der Waals surface area contributed by atoms with Gasteiger partial charge >= 0.3 is 0 Å². The van der Waals surface area contributed by atoms with Crippen LogP contribution in [0.5, 0.6) is 0 Å². The normalized spacial score (nSPS) is 16.5. The average Bonchev–Trinajstić information content (AvgIpc) is 2.92. The molecule has 2 aromatic carbocycles. The fourth-order valence-electron chi connectivity index (χ4n) is 5.46. The summed E-state index contributed by atoms with van der Waals surface area (Å²) >= 11 is 1.73. The monoisotopic (exact) mass is 599 g/mol. The molecule has 0 spiro atoms. The molecule has 0 amide bonds. The average molecular weight is 600 g/mol. The lowest BCUT2D eigenvalue weighted by Gasteiger charge is -2.41. The molecule has 0 bridgehead atoms. The predicted molar refractivity (Wildman–Crippen MR) is 177 cm³/mol. The lowest BCUT2D eigenvalue weighted by Crippen LogP contribution is -2.28. The van der Waals surface area contributed by atoms with Gasteiger partial charge in [0.15, 0.2) is 0 Å². The van der Waals surface area contributed by atoms with Gasteiger partial charge in [0.25, 0.3) is 6.47 Å². The number of hydrogen-bond acceptors (Lipinski definition) is 5. The fraction of sp³-hybridized carbons (Fsp3) is 0.514. The first kappa shape index (κ1) is 37.2. The van der Waals surface area contributed by atoms with Crippen LogP contribution >= 0.6 is 11.9 Å². The third kappa shape index (κ3) is 9.90. The number of nitrogens with zero attached hydrogens (tertiary/aromatic N) is 1. The zero-order chi connectivity index (χ0) is 32.3. The SMILES string of the molecule is C#C.CC(C)(C)O.CCc1c(C2=CCC(C)(C)CC2)cc2c(c1C)N(SC)[C@@H](CCOC)c1cc(F)ccc1-2.O=CO. The van der Waals surface area contributed by atoms with Crippen molar-refractivity contribution in [2.45, 2.75) is 92.2 Å². The molecule has 1 atom stereocenters. The van der Waals surface area contributed by atoms with Crippen molar-refractivity contribution in [2.24, 2.45) is 5.41 Å². The van der Waals surface area contributed by atoms with E-state index in [0.29, 0.717) is 12.0 Å². The molecule has 0 unspecified atom stereocenters. The van der Waals surface area contributed by atoms with Gasteiger partial charge in [0.05, 0.1) is 17.3 Å². The Bertz CT molecular complexity index is 1220. The van der Waals surface area contributed by atoms with E-state index < -0.39 is 5.60 Å². The zero-order valence-corrected chi connectivity index (χ0v) is 27.7. The second-order valence-electron chi connectivity index (χ2n) is 12.2. The molecule has 1 heterocycles. The molecular formula is C35H50FNO4S. The van der Waals surface area contributed by atoms with Gasteiger partial charge in [-0.3, -0.25) is 4.79 Å². The smallest absolute Gasteiger partial charge is 0.290 e. The standard InChI is InChI=1S/C28H36FNOS.C4H10O.C2H2.CH2O2/c1-7-21-18(2)27-25(17-23(21)19-10-13-28(3,4)14-11-19)22-9-8-20(29)16-24(22)26(12-15-31-5)30(27)32-6;1-4(2,3)5;1-2;2-1-3/h8-10,16-17,26H,7,11-15H2,1-6H3;5H,1-3H3;1-2H;1H,(H,2,3)/t26-;;;/m0.../s1. The number of rotatable bonds is 6. The van der Waals surface area contributed by atoms with E-state index in [0.717, 1.165) is 36.8 Å². The second-order valence-corrected chi connectivity index (χ2v) is 12.9. The lowest BCUT2D eigenvalue weighted by molar-refractivity contribution is -0.122. The van der Waals surface area contributed by atoms with E-state index in [2.05, 4.69) is 63.2 Å². The summed E-state index contributed by atoms with van der Waals surface area (Å²) in [4.78, 5) is 8.36. The quantitative estimate of drug-likeness (QED) is 0.196. The maximum Gasteiger partial charge on any atom is 0.290 e. The Labute approximate surface area is 257 Å². The van der Waals surface area contributed by atoms with Gasteiger partial charge in [-0.05, 0) is 117 Å². The van der Waals surface area contributed by atoms with Crippen LogP contribution in [-0.4, -0.2) is 42.3 Å². The Morgan fingerprint density at radius 3 is 2.26 bits per heavy atom. The molecule has 1 aliphatic carbocycles. The highest BCUT2D eigenvalue weighted by atomic mass is 32.2. The topological polar surface area (TPSA) is 70.0 Å². The molecule has 0 saturated heterocycles. The number of hydrogen-bond donors (Lipinski definition) is 2. The molecule has 0 fully saturated rings. The van der Waals surface area contributed by atoms with E-state index in [1.54, 1.807) is 52.0 Å². The largest absolute Gasteiger partial charge is 0.483 e. The minimum atomic E-state index is -0.500. The van der Waals surface area contributed by atoms with Gasteiger partial charge in [0, 0.05) is 25.5 Å². The summed E-state index contributed by atoms with van der Waals surface area (Å²) in [5, 5.41) is 15.4. The highest BCUT2D eigenvalue weighted by Gasteiger charge is 2.34. The molecule has 4 rings (SSSR count). The van der Waals surface area contributed by atoms with Crippen molar-refractivity contribution in [1.29, 1.82) is 0 Å². The third-order valence-corrected chi connectivity index (χ3v) is 8.14. The van der Waals surface area contributed by atoms with Crippen LogP contribution in [0.2, 0.25) is 0 Å². The number of ether oxygens (including phenoxy) is 1. The van der Waals surface area contributed by atoms with Gasteiger partial charge in [-0.1, -0.05) is 44.9 Å². The Balaban J connectivity index is 0.000000774. The van der Waals surface area contributed by atoms with Gasteiger partial charge in [-0.15, -0.1) is 12.8 Å². The summed E-state index contributed by atoms with van der Waals surface area (Å²) in [7, 11) is 1.73. The highest BCUT2D eigenvalue weighted by Crippen LogP contribution is 2.52. The minimum absolute atomic E-state index is 0.0899. The van der Waals surface area contributed by atoms with E-state index in [9.17, 15) is 4.39 Å². The number of anilines is 1. The summed E-state index contributed by atoms with van der Waals surface area (Å²) < 4.78 is 22.2. The minimum Gasteiger partial charge on any atom is -0.483 e. The number of terminal acetylenes is 1. The van der Waals surface area contributed by atoms with Crippen molar-refractivity contribution in [3.05, 3.63) is 58.4 Å². The van der Waals surface area contributed by atoms with E-state index in [4.69, 9.17) is 19.7 Å². The Kier molecular flexibility index (Phi) is 14.8. The van der Waals surface area contributed by atoms with Crippen molar-refractivity contribution in [3.8, 4) is 24.0 Å². The van der Waals surface area contributed by atoms with Crippen molar-refractivity contribution in [3.63, 3.8) is 0 Å². The molecule has 0 aromatic heterocycles. The van der Waals surface area contributed by atoms with Crippen LogP contribution in [-0.2, 0) is 16.0 Å². The molecule has 2 aliphatic rings. The number of carboxylic acid groups (broad SMARTS) is 1. The van der Waals surface area contributed by atoms with E-state index in [1.165, 1.54) is 39.9 Å². The van der Waals surface area contributed by atoms with Crippen molar-refractivity contribution in [2.75, 3.05) is 24.3 Å². The predicted octanol–water partition coefficient (Wildman–Crippen LogP) is 8.86. The molecular weight excluding hydrogens is 549 g/mol. The van der Waals surface area contributed by atoms with Crippen LogP contribution < -0.4 is 4.31 Å². The number of allylic oxidation sites excluding steroid dienone is 2. The van der Waals surface area contributed by atoms with Crippen LogP contribution in [0.4, 0.5) is 10.1 Å². The first-order valence-corrected chi connectivity index (χ1v) is 15.5. The number of halogens is 1. The molecule has 7 heteroatoms. The van der Waals surface area contributed by atoms with Gasteiger partial charge in [-0.2, -0.15) is 0 Å². The number of fused-ring (bicyclic) bond motifs is 3. The van der Waals surface area contributed by atoms with Crippen LogP contribution in [0, 0.1) is 31.0 Å². The summed E-state index contributed by atoms with van der Waals surface area (Å²) in [6.07, 6.45) is 17.9. The van der Waals surface area contributed by atoms with Crippen molar-refractivity contribution >= 4 is 29.7 Å². The third-order valence-electron chi connectivity index (χ3n) is 7.31. The van der Waals surface area contributed by atoms with Crippen LogP contribution in [0.15, 0.2) is 30.3 Å². The fourth-order valence-corrected chi connectivity index (χ4v) is 6.35. The Morgan fingerprint density at radius 1 is 1.19 bits per heavy atom. The zero-order valence-electron chi connectivity index (χ0n) is 26.9. The van der Waals surface area contributed by atoms with E-state index in [1.807, 2.05) is 6.07 Å². The number of aliphatic hydroxyl groups is 1. The highest BCUT2D eigenvalue weighted by molar-refractivity contribution is 8.00. The molecule has 5 nitrogen and oxygen atoms in total. The number of methoxy groups -OCH3 is 1. The van der Waals surface area contributed by atoms with Gasteiger partial charge in [-0.25, -0.2) is 4.39 Å². The first-order valence-electron chi connectivity index (χ1n) is 14.3. The molecule has 42 heavy (non-hydrogen) atoms. The number of benzene rings is 2. The van der Waals surface area contributed by atoms with Crippen LogP contribution in [0.25, 0.3) is 16.7 Å². The maximum atomic E-state index is 14.4. The summed E-state index contributed by atoms with van der Waals surface area (Å²) in [5.74, 6) is -0.171. The van der Waals surface area contributed by atoms with Crippen LogP contribution in [0.3, 0.4) is 0 Å². The molecule has 232 valence electrons. The van der Waals surface area contributed by atoms with Crippen molar-refractivity contribution in [1.82, 2.24) is 0 Å². The molecule has 0 radical (unpaired) electrons. The molecule has 2 aromatic rings. The molecule has 0 saturated carbocycles. The summed E-state index contributed by atoms with van der Waals surface area (Å²) in [6, 6.07) is 7.81. The van der Waals surface area contributed by atoms with Crippen molar-refractivity contribution < 1.29 is 24.1 Å². The number of carbonyl (C=O) groups is 1. The first-order chi connectivity index (χ1) is 19.7. The summed E-state index contributed by atoms with van der Waals surface area (Å²) in [5.41, 5.74) is 10.3. The Morgan fingerprint density at radius 2 is 1.79 bits per heavy atom. The maximum absolute atomic E-state index is 14.4. The van der Waals surface area contributed by atoms with E-state index in [-0.39, 0.29) is 18.3 Å². The van der Waals surface area contributed by atoms with Gasteiger partial charge in [0.1, 0.15) is 5.82 Å². The molecule has 1 aliphatic heterocycles. The second kappa shape index (κ2) is 16.7.